The summed E-state index contributed by atoms with van der Waals surface area (Å²) in [5.74, 6) is -0.168. The Morgan fingerprint density at radius 2 is 2.06 bits per heavy atom. The molecule has 0 bridgehead atoms. The Labute approximate surface area is 109 Å². The molecule has 0 amide bonds. The number of phenols is 1. The topological polar surface area (TPSA) is 46.5 Å². The number of ether oxygens (including phenoxy) is 1. The lowest BCUT2D eigenvalue weighted by atomic mass is 9.94. The fourth-order valence-electron chi connectivity index (χ4n) is 1.72. The van der Waals surface area contributed by atoms with Crippen LogP contribution in [0.2, 0.25) is 0 Å². The zero-order valence-electron chi connectivity index (χ0n) is 11.8. The average Bonchev–Trinajstić information content (AvgIpc) is 2.30. The molecule has 0 aromatic heterocycles. The quantitative estimate of drug-likeness (QED) is 0.832. The molecule has 1 aromatic carbocycles. The first-order valence-electron chi connectivity index (χ1n) is 6.31. The molecule has 0 aliphatic heterocycles. The Morgan fingerprint density at radius 1 is 1.44 bits per heavy atom. The van der Waals surface area contributed by atoms with Crippen molar-refractivity contribution in [3.63, 3.8) is 0 Å². The van der Waals surface area contributed by atoms with E-state index in [4.69, 9.17) is 4.74 Å². The number of esters is 1. The van der Waals surface area contributed by atoms with Crippen LogP contribution < -0.4 is 0 Å². The van der Waals surface area contributed by atoms with Crippen molar-refractivity contribution in [2.75, 3.05) is 0 Å². The van der Waals surface area contributed by atoms with Gasteiger partial charge < -0.3 is 9.84 Å². The summed E-state index contributed by atoms with van der Waals surface area (Å²) in [6, 6.07) is 5.46. The van der Waals surface area contributed by atoms with E-state index in [1.807, 2.05) is 32.9 Å². The van der Waals surface area contributed by atoms with Crippen LogP contribution in [-0.2, 0) is 15.1 Å². The number of rotatable bonds is 4. The van der Waals surface area contributed by atoms with Crippen molar-refractivity contribution in [2.45, 2.75) is 46.6 Å². The van der Waals surface area contributed by atoms with Crippen LogP contribution in [0.3, 0.4) is 0 Å². The summed E-state index contributed by atoms with van der Waals surface area (Å²) >= 11 is 0. The molecule has 1 aromatic rings. The van der Waals surface area contributed by atoms with Gasteiger partial charge in [-0.2, -0.15) is 0 Å². The summed E-state index contributed by atoms with van der Waals surface area (Å²) in [5.41, 5.74) is 0.593. The fraction of sp³-hybridized carbons (Fsp3) is 0.533. The summed E-state index contributed by atoms with van der Waals surface area (Å²) in [4.78, 5) is 11.9. The van der Waals surface area contributed by atoms with E-state index >= 15 is 0 Å². The molecule has 1 N–H and O–H groups in total. The van der Waals surface area contributed by atoms with Crippen LogP contribution in [0, 0.1) is 12.8 Å². The Hall–Kier alpha value is -1.51. The number of benzene rings is 1. The lowest BCUT2D eigenvalue weighted by molar-refractivity contribution is -0.162. The van der Waals surface area contributed by atoms with Gasteiger partial charge in [-0.25, -0.2) is 0 Å². The molecule has 1 atom stereocenters. The lowest BCUT2D eigenvalue weighted by Crippen LogP contribution is -2.28. The molecule has 0 heterocycles. The van der Waals surface area contributed by atoms with E-state index in [9.17, 15) is 9.90 Å². The van der Waals surface area contributed by atoms with Gasteiger partial charge in [-0.15, -0.1) is 0 Å². The zero-order chi connectivity index (χ0) is 13.9. The molecule has 0 aliphatic rings. The van der Waals surface area contributed by atoms with Crippen molar-refractivity contribution >= 4 is 5.97 Å². The molecule has 18 heavy (non-hydrogen) atoms. The molecule has 1 unspecified atom stereocenters. The number of hydrogen-bond acceptors (Lipinski definition) is 3. The molecule has 1 rings (SSSR count). The van der Waals surface area contributed by atoms with Gasteiger partial charge in [-0.3, -0.25) is 4.79 Å². The number of para-hydroxylation sites is 1. The van der Waals surface area contributed by atoms with Crippen LogP contribution in [-0.4, -0.2) is 11.1 Å². The second kappa shape index (κ2) is 5.42. The molecule has 0 saturated heterocycles. The molecule has 0 aliphatic carbocycles. The Kier molecular flexibility index (Phi) is 4.38. The zero-order valence-corrected chi connectivity index (χ0v) is 11.8. The van der Waals surface area contributed by atoms with Gasteiger partial charge in [0.25, 0.3) is 0 Å². The van der Waals surface area contributed by atoms with Crippen LogP contribution in [0.1, 0.15) is 45.2 Å². The van der Waals surface area contributed by atoms with Crippen LogP contribution in [0.25, 0.3) is 0 Å². The van der Waals surface area contributed by atoms with E-state index in [-0.39, 0.29) is 17.6 Å². The van der Waals surface area contributed by atoms with Gasteiger partial charge in [0.05, 0.1) is 5.92 Å². The van der Waals surface area contributed by atoms with Crippen molar-refractivity contribution < 1.29 is 14.6 Å². The average molecular weight is 250 g/mol. The predicted octanol–water partition coefficient (Wildman–Crippen LogP) is 3.53. The van der Waals surface area contributed by atoms with Crippen molar-refractivity contribution in [3.05, 3.63) is 29.3 Å². The van der Waals surface area contributed by atoms with Gasteiger partial charge in [0.15, 0.2) is 0 Å². The third-order valence-corrected chi connectivity index (χ3v) is 3.26. The molecule has 3 nitrogen and oxygen atoms in total. The maximum atomic E-state index is 11.9. The summed E-state index contributed by atoms with van der Waals surface area (Å²) in [6.07, 6.45) is 0.745. The first-order chi connectivity index (χ1) is 8.29. The molecule has 100 valence electrons. The molecule has 0 radical (unpaired) electrons. The minimum Gasteiger partial charge on any atom is -0.507 e. The highest BCUT2D eigenvalue weighted by Crippen LogP contribution is 2.34. The summed E-state index contributed by atoms with van der Waals surface area (Å²) < 4.78 is 5.51. The van der Waals surface area contributed by atoms with Gasteiger partial charge in [-0.05, 0) is 32.8 Å². The number of aryl methyl sites for hydroxylation is 1. The van der Waals surface area contributed by atoms with Crippen LogP contribution >= 0.6 is 0 Å². The van der Waals surface area contributed by atoms with Gasteiger partial charge in [0, 0.05) is 5.56 Å². The largest absolute Gasteiger partial charge is 0.507 e. The number of carbonyl (C=O) groups excluding carboxylic acids is 1. The lowest BCUT2D eigenvalue weighted by Gasteiger charge is -2.28. The Balaban J connectivity index is 2.99. The van der Waals surface area contributed by atoms with E-state index in [2.05, 4.69) is 0 Å². The van der Waals surface area contributed by atoms with Gasteiger partial charge in [0.1, 0.15) is 11.4 Å². The maximum Gasteiger partial charge on any atom is 0.309 e. The summed E-state index contributed by atoms with van der Waals surface area (Å²) in [7, 11) is 0. The summed E-state index contributed by atoms with van der Waals surface area (Å²) in [6.45, 7) is 9.20. The highest BCUT2D eigenvalue weighted by atomic mass is 16.6. The Bertz CT molecular complexity index is 435. The van der Waals surface area contributed by atoms with E-state index in [1.165, 1.54) is 0 Å². The minimum absolute atomic E-state index is 0.128. The van der Waals surface area contributed by atoms with Crippen LogP contribution in [0.4, 0.5) is 0 Å². The first kappa shape index (κ1) is 14.6. The number of carbonyl (C=O) groups is 1. The van der Waals surface area contributed by atoms with Crippen LogP contribution in [0.15, 0.2) is 18.2 Å². The minimum atomic E-state index is -0.823. The summed E-state index contributed by atoms with van der Waals surface area (Å²) in [5, 5.41) is 10.1. The van der Waals surface area contributed by atoms with Crippen molar-refractivity contribution in [1.29, 1.82) is 0 Å². The Morgan fingerprint density at radius 3 is 2.61 bits per heavy atom. The normalized spacial score (nSPS) is 13.2. The smallest absolute Gasteiger partial charge is 0.309 e. The second-order valence-electron chi connectivity index (χ2n) is 5.21. The highest BCUT2D eigenvalue weighted by molar-refractivity contribution is 5.72. The second-order valence-corrected chi connectivity index (χ2v) is 5.21. The van der Waals surface area contributed by atoms with E-state index in [0.29, 0.717) is 5.56 Å². The molecular formula is C15H22O3. The van der Waals surface area contributed by atoms with Crippen molar-refractivity contribution in [1.82, 2.24) is 0 Å². The van der Waals surface area contributed by atoms with Crippen molar-refractivity contribution in [3.8, 4) is 5.75 Å². The molecular weight excluding hydrogens is 228 g/mol. The molecule has 0 spiro atoms. The maximum absolute atomic E-state index is 11.9. The monoisotopic (exact) mass is 250 g/mol. The van der Waals surface area contributed by atoms with E-state index < -0.39 is 5.60 Å². The standard InChI is InChI=1S/C15H22O3/c1-6-10(2)14(17)18-15(4,5)12-9-7-8-11(3)13(12)16/h7-10,16H,6H2,1-5H3. The number of phenolic OH excluding ortho intramolecular Hbond substituents is 1. The van der Waals surface area contributed by atoms with E-state index in [1.54, 1.807) is 19.9 Å². The SMILES string of the molecule is CCC(C)C(=O)OC(C)(C)c1cccc(C)c1O. The third kappa shape index (κ3) is 3.03. The molecule has 3 heteroatoms. The van der Waals surface area contributed by atoms with Gasteiger partial charge in [0.2, 0.25) is 0 Å². The highest BCUT2D eigenvalue weighted by Gasteiger charge is 2.30. The molecule has 0 saturated carbocycles. The predicted molar refractivity (Wildman–Crippen MR) is 71.4 cm³/mol. The first-order valence-corrected chi connectivity index (χ1v) is 6.31. The third-order valence-electron chi connectivity index (χ3n) is 3.26. The van der Waals surface area contributed by atoms with Crippen LogP contribution in [0.5, 0.6) is 5.75 Å². The number of hydrogen-bond donors (Lipinski definition) is 1. The number of aromatic hydroxyl groups is 1. The van der Waals surface area contributed by atoms with Gasteiger partial charge >= 0.3 is 5.97 Å². The van der Waals surface area contributed by atoms with Gasteiger partial charge in [-0.1, -0.05) is 32.0 Å². The van der Waals surface area contributed by atoms with E-state index in [0.717, 1.165) is 12.0 Å². The van der Waals surface area contributed by atoms with Crippen molar-refractivity contribution in [2.24, 2.45) is 5.92 Å². The molecule has 0 fully saturated rings. The fourth-order valence-corrected chi connectivity index (χ4v) is 1.72.